The number of aryl methyl sites for hydroxylation is 2. The topological polar surface area (TPSA) is 46.9 Å². The molecule has 6 heteroatoms. The van der Waals surface area contributed by atoms with Crippen LogP contribution in [0.15, 0.2) is 48.5 Å². The van der Waals surface area contributed by atoms with Crippen molar-refractivity contribution in [1.82, 2.24) is 9.78 Å². The third kappa shape index (κ3) is 4.03. The fraction of sp³-hybridized carbons (Fsp3) is 0.158. The number of halogens is 2. The zero-order chi connectivity index (χ0) is 18.0. The van der Waals surface area contributed by atoms with E-state index in [2.05, 4.69) is 10.4 Å². The summed E-state index contributed by atoms with van der Waals surface area (Å²) in [5, 5.41) is 8.45. The molecule has 1 N–H and O–H groups in total. The number of hydrogen-bond donors (Lipinski definition) is 1. The summed E-state index contributed by atoms with van der Waals surface area (Å²) in [6.07, 6.45) is 0. The van der Waals surface area contributed by atoms with E-state index in [1.54, 1.807) is 28.9 Å². The van der Waals surface area contributed by atoms with Gasteiger partial charge in [0, 0.05) is 32.9 Å². The Labute approximate surface area is 156 Å². The van der Waals surface area contributed by atoms with Crippen LogP contribution < -0.4 is 5.32 Å². The second-order valence-corrected chi connectivity index (χ2v) is 6.67. The van der Waals surface area contributed by atoms with Crippen LogP contribution in [-0.2, 0) is 6.54 Å². The maximum absolute atomic E-state index is 12.4. The number of benzene rings is 2. The molecule has 0 unspecified atom stereocenters. The first-order valence-electron chi connectivity index (χ1n) is 7.79. The van der Waals surface area contributed by atoms with Gasteiger partial charge < -0.3 is 5.32 Å². The lowest BCUT2D eigenvalue weighted by Crippen LogP contribution is -2.13. The molecule has 0 aliphatic rings. The second kappa shape index (κ2) is 7.30. The van der Waals surface area contributed by atoms with Crippen molar-refractivity contribution >= 4 is 34.9 Å². The lowest BCUT2D eigenvalue weighted by atomic mass is 10.1. The van der Waals surface area contributed by atoms with Crippen molar-refractivity contribution in [3.8, 4) is 0 Å². The second-order valence-electron chi connectivity index (χ2n) is 5.85. The lowest BCUT2D eigenvalue weighted by molar-refractivity contribution is 0.102. The molecule has 0 saturated carbocycles. The van der Waals surface area contributed by atoms with Gasteiger partial charge in [0.05, 0.1) is 6.54 Å². The summed E-state index contributed by atoms with van der Waals surface area (Å²) in [5.74, 6) is 0.302. The monoisotopic (exact) mass is 373 g/mol. The van der Waals surface area contributed by atoms with Gasteiger partial charge in [-0.25, -0.2) is 0 Å². The molecule has 0 bridgehead atoms. The maximum atomic E-state index is 12.4. The van der Waals surface area contributed by atoms with Crippen LogP contribution in [0, 0.1) is 13.8 Å². The van der Waals surface area contributed by atoms with Gasteiger partial charge in [-0.3, -0.25) is 9.48 Å². The van der Waals surface area contributed by atoms with E-state index in [0.29, 0.717) is 28.0 Å². The van der Waals surface area contributed by atoms with Gasteiger partial charge in [0.25, 0.3) is 5.91 Å². The molecule has 4 nitrogen and oxygen atoms in total. The van der Waals surface area contributed by atoms with Gasteiger partial charge in [0.15, 0.2) is 5.82 Å². The molecule has 1 aromatic heterocycles. The minimum absolute atomic E-state index is 0.191. The predicted octanol–water partition coefficient (Wildman–Crippen LogP) is 5.11. The van der Waals surface area contributed by atoms with Crippen molar-refractivity contribution in [2.45, 2.75) is 20.4 Å². The zero-order valence-electron chi connectivity index (χ0n) is 13.9. The van der Waals surface area contributed by atoms with Crippen molar-refractivity contribution in [1.29, 1.82) is 0 Å². The van der Waals surface area contributed by atoms with E-state index in [1.165, 1.54) is 0 Å². The Balaban J connectivity index is 1.80. The first-order valence-corrected chi connectivity index (χ1v) is 8.55. The highest BCUT2D eigenvalue weighted by molar-refractivity contribution is 6.35. The van der Waals surface area contributed by atoms with Crippen molar-refractivity contribution in [2.24, 2.45) is 0 Å². The molecule has 0 saturated heterocycles. The number of amides is 1. The minimum Gasteiger partial charge on any atom is -0.305 e. The van der Waals surface area contributed by atoms with Gasteiger partial charge in [-0.05, 0) is 38.1 Å². The van der Waals surface area contributed by atoms with Crippen LogP contribution in [0.25, 0.3) is 0 Å². The van der Waals surface area contributed by atoms with Crippen LogP contribution in [0.5, 0.6) is 0 Å². The van der Waals surface area contributed by atoms with Crippen LogP contribution in [0.1, 0.15) is 27.2 Å². The number of hydrogen-bond acceptors (Lipinski definition) is 2. The molecule has 0 aliphatic carbocycles. The Morgan fingerprint density at radius 3 is 2.44 bits per heavy atom. The maximum Gasteiger partial charge on any atom is 0.256 e. The highest BCUT2D eigenvalue weighted by atomic mass is 35.5. The average molecular weight is 374 g/mol. The molecule has 0 aliphatic heterocycles. The van der Waals surface area contributed by atoms with E-state index in [-0.39, 0.29) is 5.91 Å². The van der Waals surface area contributed by atoms with Gasteiger partial charge in [0.2, 0.25) is 0 Å². The Hall–Kier alpha value is -2.30. The summed E-state index contributed by atoms with van der Waals surface area (Å²) in [5.41, 5.74) is 3.33. The number of rotatable bonds is 4. The molecule has 1 amide bonds. The van der Waals surface area contributed by atoms with E-state index >= 15 is 0 Å². The molecule has 0 spiro atoms. The normalized spacial score (nSPS) is 10.7. The zero-order valence-corrected chi connectivity index (χ0v) is 15.4. The summed E-state index contributed by atoms with van der Waals surface area (Å²) >= 11 is 12.4. The highest BCUT2D eigenvalue weighted by Gasteiger charge is 2.12. The highest BCUT2D eigenvalue weighted by Crippen LogP contribution is 2.25. The van der Waals surface area contributed by atoms with Gasteiger partial charge in [-0.1, -0.05) is 47.0 Å². The van der Waals surface area contributed by atoms with Gasteiger partial charge in [-0.2, -0.15) is 5.10 Å². The minimum atomic E-state index is -0.191. The summed E-state index contributed by atoms with van der Waals surface area (Å²) in [7, 11) is 0. The van der Waals surface area contributed by atoms with Gasteiger partial charge >= 0.3 is 0 Å². The van der Waals surface area contributed by atoms with Crippen molar-refractivity contribution in [2.75, 3.05) is 5.32 Å². The molecule has 0 fully saturated rings. The summed E-state index contributed by atoms with van der Waals surface area (Å²) in [6.45, 7) is 4.30. The number of anilines is 1. The molecular weight excluding hydrogens is 357 g/mol. The Morgan fingerprint density at radius 1 is 1.08 bits per heavy atom. The van der Waals surface area contributed by atoms with Crippen LogP contribution in [-0.4, -0.2) is 15.7 Å². The molecule has 25 heavy (non-hydrogen) atoms. The first kappa shape index (κ1) is 17.5. The molecule has 2 aromatic carbocycles. The number of carbonyl (C=O) groups is 1. The number of nitrogens with zero attached hydrogens (tertiary/aromatic N) is 2. The lowest BCUT2D eigenvalue weighted by Gasteiger charge is -2.08. The Morgan fingerprint density at radius 2 is 1.76 bits per heavy atom. The van der Waals surface area contributed by atoms with Crippen LogP contribution in [0.3, 0.4) is 0 Å². The number of carbonyl (C=O) groups excluding carboxylic acids is 1. The van der Waals surface area contributed by atoms with Crippen molar-refractivity contribution in [3.05, 3.63) is 81.0 Å². The Bertz CT molecular complexity index is 914. The van der Waals surface area contributed by atoms with E-state index in [1.807, 2.05) is 38.1 Å². The van der Waals surface area contributed by atoms with E-state index < -0.39 is 0 Å². The number of nitrogens with one attached hydrogen (secondary N) is 1. The third-order valence-electron chi connectivity index (χ3n) is 3.87. The summed E-state index contributed by atoms with van der Waals surface area (Å²) < 4.78 is 1.76. The van der Waals surface area contributed by atoms with Crippen molar-refractivity contribution in [3.63, 3.8) is 0 Å². The molecular formula is C19H17Cl2N3O. The molecule has 0 radical (unpaired) electrons. The quantitative estimate of drug-likeness (QED) is 0.690. The van der Waals surface area contributed by atoms with E-state index in [4.69, 9.17) is 23.2 Å². The smallest absolute Gasteiger partial charge is 0.256 e. The molecule has 3 rings (SSSR count). The van der Waals surface area contributed by atoms with Crippen LogP contribution in [0.4, 0.5) is 5.82 Å². The SMILES string of the molecule is Cc1cccc(C(=O)Nc2cc(C)n(Cc3c(Cl)cccc3Cl)n2)c1. The summed E-state index contributed by atoms with van der Waals surface area (Å²) in [4.78, 5) is 12.4. The molecule has 1 heterocycles. The molecule has 3 aromatic rings. The third-order valence-corrected chi connectivity index (χ3v) is 4.58. The van der Waals surface area contributed by atoms with E-state index in [9.17, 15) is 4.79 Å². The fourth-order valence-electron chi connectivity index (χ4n) is 2.54. The summed E-state index contributed by atoms with van der Waals surface area (Å²) in [6, 6.07) is 14.6. The number of aromatic nitrogens is 2. The van der Waals surface area contributed by atoms with E-state index in [0.717, 1.165) is 16.8 Å². The van der Waals surface area contributed by atoms with Crippen LogP contribution >= 0.6 is 23.2 Å². The Kier molecular flexibility index (Phi) is 5.11. The van der Waals surface area contributed by atoms with Crippen molar-refractivity contribution < 1.29 is 4.79 Å². The van der Waals surface area contributed by atoms with Gasteiger partial charge in [0.1, 0.15) is 0 Å². The average Bonchev–Trinajstić information content (AvgIpc) is 2.90. The van der Waals surface area contributed by atoms with Crippen LogP contribution in [0.2, 0.25) is 10.0 Å². The standard InChI is InChI=1S/C19H17Cl2N3O/c1-12-5-3-6-14(9-12)19(25)22-18-10-13(2)24(23-18)11-15-16(20)7-4-8-17(15)21/h3-10H,11H2,1-2H3,(H,22,23,25). The van der Waals surface area contributed by atoms with Gasteiger partial charge in [-0.15, -0.1) is 0 Å². The predicted molar refractivity (Wildman–Crippen MR) is 102 cm³/mol. The molecule has 0 atom stereocenters. The largest absolute Gasteiger partial charge is 0.305 e. The molecule has 128 valence electrons. The fourth-order valence-corrected chi connectivity index (χ4v) is 3.06. The first-order chi connectivity index (χ1) is 11.9.